The third-order valence-corrected chi connectivity index (χ3v) is 3.17. The van der Waals surface area contributed by atoms with E-state index >= 15 is 0 Å². The number of carbonyl (C=O) groups excluding carboxylic acids is 2. The molecule has 1 aromatic rings. The van der Waals surface area contributed by atoms with E-state index in [9.17, 15) is 9.59 Å². The molecule has 114 valence electrons. The Kier molecular flexibility index (Phi) is 5.03. The van der Waals surface area contributed by atoms with Crippen molar-refractivity contribution in [1.29, 1.82) is 0 Å². The smallest absolute Gasteiger partial charge is 0.260 e. The van der Waals surface area contributed by atoms with Crippen LogP contribution >= 0.6 is 0 Å². The van der Waals surface area contributed by atoms with Gasteiger partial charge in [0.25, 0.3) is 5.91 Å². The van der Waals surface area contributed by atoms with Crippen LogP contribution in [-0.4, -0.2) is 50.1 Å². The number of ether oxygens (including phenoxy) is 2. The molecule has 0 atom stereocenters. The molecule has 6 nitrogen and oxygen atoms in total. The molecule has 0 aliphatic heterocycles. The summed E-state index contributed by atoms with van der Waals surface area (Å²) in [4.78, 5) is 24.9. The second-order valence-electron chi connectivity index (χ2n) is 5.03. The van der Waals surface area contributed by atoms with Crippen molar-refractivity contribution in [2.24, 2.45) is 0 Å². The number of likely N-dealkylation sites (N-methyl/N-ethyl adjacent to an activating group) is 1. The fourth-order valence-electron chi connectivity index (χ4n) is 1.79. The Morgan fingerprint density at radius 2 is 1.95 bits per heavy atom. The molecule has 1 aliphatic carbocycles. The van der Waals surface area contributed by atoms with E-state index in [0.717, 1.165) is 12.8 Å². The molecule has 2 amide bonds. The van der Waals surface area contributed by atoms with Gasteiger partial charge in [-0.3, -0.25) is 9.59 Å². The summed E-state index contributed by atoms with van der Waals surface area (Å²) >= 11 is 0. The minimum atomic E-state index is -0.258. The zero-order valence-corrected chi connectivity index (χ0v) is 12.3. The first kappa shape index (κ1) is 15.2. The van der Waals surface area contributed by atoms with Gasteiger partial charge in [-0.25, -0.2) is 0 Å². The van der Waals surface area contributed by atoms with E-state index in [-0.39, 0.29) is 25.0 Å². The number of hydrogen-bond donors (Lipinski definition) is 1. The zero-order valence-electron chi connectivity index (χ0n) is 12.3. The molecule has 0 aromatic heterocycles. The molecule has 1 N–H and O–H groups in total. The second kappa shape index (κ2) is 6.97. The Balaban J connectivity index is 1.78. The van der Waals surface area contributed by atoms with Crippen LogP contribution < -0.4 is 14.8 Å². The van der Waals surface area contributed by atoms with Crippen LogP contribution in [0.5, 0.6) is 11.5 Å². The van der Waals surface area contributed by atoms with Crippen molar-refractivity contribution in [1.82, 2.24) is 10.2 Å². The maximum Gasteiger partial charge on any atom is 0.260 e. The fraction of sp³-hybridized carbons (Fsp3) is 0.467. The van der Waals surface area contributed by atoms with Gasteiger partial charge in [0.05, 0.1) is 13.7 Å². The Morgan fingerprint density at radius 1 is 1.29 bits per heavy atom. The number of hydrogen-bond acceptors (Lipinski definition) is 4. The van der Waals surface area contributed by atoms with Gasteiger partial charge in [-0.2, -0.15) is 0 Å². The minimum Gasteiger partial charge on any atom is -0.493 e. The number of para-hydroxylation sites is 2. The molecule has 0 heterocycles. The van der Waals surface area contributed by atoms with Gasteiger partial charge in [0.15, 0.2) is 18.1 Å². The van der Waals surface area contributed by atoms with Crippen LogP contribution in [0.3, 0.4) is 0 Å². The maximum absolute atomic E-state index is 11.9. The van der Waals surface area contributed by atoms with E-state index in [4.69, 9.17) is 9.47 Å². The normalized spacial score (nSPS) is 13.4. The summed E-state index contributed by atoms with van der Waals surface area (Å²) < 4.78 is 10.6. The fourth-order valence-corrected chi connectivity index (χ4v) is 1.79. The lowest BCUT2D eigenvalue weighted by Crippen LogP contribution is -2.40. The summed E-state index contributed by atoms with van der Waals surface area (Å²) in [7, 11) is 3.12. The quantitative estimate of drug-likeness (QED) is 0.807. The molecular formula is C15H20N2O4. The maximum atomic E-state index is 11.9. The summed E-state index contributed by atoms with van der Waals surface area (Å²) in [6.45, 7) is -0.0851. The van der Waals surface area contributed by atoms with Crippen LogP contribution in [0.2, 0.25) is 0 Å². The first-order valence-electron chi connectivity index (χ1n) is 6.89. The summed E-state index contributed by atoms with van der Waals surface area (Å²) in [5, 5.41) is 2.84. The Bertz CT molecular complexity index is 514. The van der Waals surface area contributed by atoms with Crippen molar-refractivity contribution in [3.8, 4) is 11.5 Å². The van der Waals surface area contributed by atoms with Crippen molar-refractivity contribution in [2.75, 3.05) is 27.3 Å². The SMILES string of the molecule is COc1ccccc1OCC(=O)N(C)CC(=O)NC1CC1. The second-order valence-corrected chi connectivity index (χ2v) is 5.03. The molecule has 1 aliphatic rings. The molecule has 0 unspecified atom stereocenters. The average molecular weight is 292 g/mol. The minimum absolute atomic E-state index is 0.0462. The van der Waals surface area contributed by atoms with Crippen molar-refractivity contribution in [2.45, 2.75) is 18.9 Å². The molecule has 6 heteroatoms. The molecule has 1 saturated carbocycles. The van der Waals surface area contributed by atoms with Crippen LogP contribution in [0.4, 0.5) is 0 Å². The van der Waals surface area contributed by atoms with Gasteiger partial charge in [0.2, 0.25) is 5.91 Å². The number of carbonyl (C=O) groups is 2. The van der Waals surface area contributed by atoms with Crippen LogP contribution in [0, 0.1) is 0 Å². The highest BCUT2D eigenvalue weighted by atomic mass is 16.5. The summed E-state index contributed by atoms with van der Waals surface area (Å²) in [6.07, 6.45) is 2.06. The summed E-state index contributed by atoms with van der Waals surface area (Å²) in [5.41, 5.74) is 0. The Morgan fingerprint density at radius 3 is 2.57 bits per heavy atom. The first-order chi connectivity index (χ1) is 10.1. The lowest BCUT2D eigenvalue weighted by atomic mass is 10.3. The van der Waals surface area contributed by atoms with E-state index in [1.807, 2.05) is 6.07 Å². The predicted molar refractivity (Wildman–Crippen MR) is 77.3 cm³/mol. The number of nitrogens with zero attached hydrogens (tertiary/aromatic N) is 1. The van der Waals surface area contributed by atoms with Gasteiger partial charge >= 0.3 is 0 Å². The highest BCUT2D eigenvalue weighted by molar-refractivity contribution is 5.85. The summed E-state index contributed by atoms with van der Waals surface area (Å²) in [6, 6.07) is 7.40. The van der Waals surface area contributed by atoms with Gasteiger partial charge in [0, 0.05) is 13.1 Å². The van der Waals surface area contributed by atoms with E-state index in [2.05, 4.69) is 5.32 Å². The van der Waals surface area contributed by atoms with Gasteiger partial charge < -0.3 is 19.7 Å². The van der Waals surface area contributed by atoms with Crippen LogP contribution in [0.1, 0.15) is 12.8 Å². The number of rotatable bonds is 7. The highest BCUT2D eigenvalue weighted by Gasteiger charge is 2.24. The average Bonchev–Trinajstić information content (AvgIpc) is 3.28. The van der Waals surface area contributed by atoms with Crippen molar-refractivity contribution >= 4 is 11.8 Å². The van der Waals surface area contributed by atoms with Crippen molar-refractivity contribution in [3.05, 3.63) is 24.3 Å². The van der Waals surface area contributed by atoms with Gasteiger partial charge in [0.1, 0.15) is 0 Å². The molecule has 21 heavy (non-hydrogen) atoms. The molecular weight excluding hydrogens is 272 g/mol. The Hall–Kier alpha value is -2.24. The largest absolute Gasteiger partial charge is 0.493 e. The van der Waals surface area contributed by atoms with E-state index in [0.29, 0.717) is 17.5 Å². The van der Waals surface area contributed by atoms with Crippen LogP contribution in [0.25, 0.3) is 0 Å². The molecule has 0 saturated heterocycles. The number of amides is 2. The molecule has 1 fully saturated rings. The van der Waals surface area contributed by atoms with E-state index in [1.54, 1.807) is 32.4 Å². The number of benzene rings is 1. The van der Waals surface area contributed by atoms with E-state index in [1.165, 1.54) is 4.90 Å². The molecule has 2 rings (SSSR count). The first-order valence-corrected chi connectivity index (χ1v) is 6.89. The van der Waals surface area contributed by atoms with Crippen molar-refractivity contribution in [3.63, 3.8) is 0 Å². The van der Waals surface area contributed by atoms with Gasteiger partial charge in [-0.15, -0.1) is 0 Å². The van der Waals surface area contributed by atoms with Crippen LogP contribution in [-0.2, 0) is 9.59 Å². The van der Waals surface area contributed by atoms with Gasteiger partial charge in [-0.05, 0) is 25.0 Å². The number of methoxy groups -OCH3 is 1. The third-order valence-electron chi connectivity index (χ3n) is 3.17. The topological polar surface area (TPSA) is 67.9 Å². The van der Waals surface area contributed by atoms with Gasteiger partial charge in [-0.1, -0.05) is 12.1 Å². The lowest BCUT2D eigenvalue weighted by Gasteiger charge is -2.17. The third kappa shape index (κ3) is 4.66. The lowest BCUT2D eigenvalue weighted by molar-refractivity contribution is -0.136. The monoisotopic (exact) mass is 292 g/mol. The number of nitrogens with one attached hydrogen (secondary N) is 1. The molecule has 0 radical (unpaired) electrons. The van der Waals surface area contributed by atoms with E-state index < -0.39 is 0 Å². The van der Waals surface area contributed by atoms with Crippen molar-refractivity contribution < 1.29 is 19.1 Å². The predicted octanol–water partition coefficient (Wildman–Crippen LogP) is 0.811. The zero-order chi connectivity index (χ0) is 15.2. The van der Waals surface area contributed by atoms with Crippen LogP contribution in [0.15, 0.2) is 24.3 Å². The summed E-state index contributed by atoms with van der Waals surface area (Å²) in [5.74, 6) is 0.682. The molecule has 0 bridgehead atoms. The standard InChI is InChI=1S/C15H20N2O4/c1-17(9-14(18)16-11-7-8-11)15(19)10-21-13-6-4-3-5-12(13)20-2/h3-6,11H,7-10H2,1-2H3,(H,16,18). The molecule has 0 spiro atoms. The Labute approximate surface area is 124 Å². The molecule has 1 aromatic carbocycles. The highest BCUT2D eigenvalue weighted by Crippen LogP contribution is 2.25.